The van der Waals surface area contributed by atoms with Crippen LogP contribution >= 0.6 is 0 Å². The van der Waals surface area contributed by atoms with Crippen molar-refractivity contribution in [2.45, 2.75) is 25.6 Å². The van der Waals surface area contributed by atoms with Gasteiger partial charge in [0.15, 0.2) is 5.82 Å². The average molecular weight is 273 g/mol. The first-order valence-corrected chi connectivity index (χ1v) is 6.77. The van der Waals surface area contributed by atoms with Crippen LogP contribution in [-0.2, 0) is 4.74 Å². The van der Waals surface area contributed by atoms with Gasteiger partial charge >= 0.3 is 0 Å². The molecule has 4 heterocycles. The van der Waals surface area contributed by atoms with E-state index in [1.54, 1.807) is 12.4 Å². The van der Waals surface area contributed by atoms with Crippen LogP contribution in [0, 0.1) is 12.8 Å². The summed E-state index contributed by atoms with van der Waals surface area (Å²) < 4.78 is 11.2. The van der Waals surface area contributed by atoms with Gasteiger partial charge in [0.2, 0.25) is 5.95 Å². The van der Waals surface area contributed by atoms with Crippen molar-refractivity contribution in [2.75, 3.05) is 18.0 Å². The molecule has 0 N–H and O–H groups in total. The topological polar surface area (TPSA) is 77.2 Å². The lowest BCUT2D eigenvalue weighted by atomic mass is 10.0. The Morgan fingerprint density at radius 1 is 1.25 bits per heavy atom. The fraction of sp³-hybridized carbons (Fsp3) is 0.538. The first kappa shape index (κ1) is 11.8. The summed E-state index contributed by atoms with van der Waals surface area (Å²) in [6.07, 6.45) is 4.57. The first-order chi connectivity index (χ1) is 9.79. The molecule has 0 unspecified atom stereocenters. The van der Waals surface area contributed by atoms with Crippen molar-refractivity contribution >= 4 is 5.95 Å². The number of ether oxygens (including phenoxy) is 1. The minimum absolute atomic E-state index is 0.0648. The van der Waals surface area contributed by atoms with Gasteiger partial charge in [0.25, 0.3) is 5.89 Å². The highest BCUT2D eigenvalue weighted by Gasteiger charge is 2.44. The Kier molecular flexibility index (Phi) is 2.66. The zero-order valence-electron chi connectivity index (χ0n) is 11.1. The smallest absolute Gasteiger partial charge is 0.255 e. The molecule has 2 saturated heterocycles. The number of anilines is 1. The third kappa shape index (κ3) is 1.94. The zero-order chi connectivity index (χ0) is 13.5. The molecule has 2 aliphatic rings. The largest absolute Gasteiger partial charge is 0.363 e. The summed E-state index contributed by atoms with van der Waals surface area (Å²) in [6.45, 7) is 3.55. The van der Waals surface area contributed by atoms with Crippen molar-refractivity contribution in [1.29, 1.82) is 0 Å². The molecule has 7 heteroatoms. The molecule has 7 nitrogen and oxygen atoms in total. The maximum atomic E-state index is 6.04. The molecule has 0 bridgehead atoms. The van der Waals surface area contributed by atoms with Gasteiger partial charge in [-0.3, -0.25) is 0 Å². The first-order valence-electron chi connectivity index (χ1n) is 6.77. The molecule has 0 radical (unpaired) electrons. The molecule has 3 atom stereocenters. The molecular weight excluding hydrogens is 258 g/mol. The van der Waals surface area contributed by atoms with Gasteiger partial charge in [-0.1, -0.05) is 5.16 Å². The lowest BCUT2D eigenvalue weighted by molar-refractivity contribution is 0.0302. The monoisotopic (exact) mass is 273 g/mol. The van der Waals surface area contributed by atoms with Crippen LogP contribution < -0.4 is 4.90 Å². The lowest BCUT2D eigenvalue weighted by Gasteiger charge is -2.17. The number of rotatable bonds is 2. The zero-order valence-corrected chi connectivity index (χ0v) is 11.1. The van der Waals surface area contributed by atoms with E-state index in [1.165, 1.54) is 0 Å². The number of fused-ring (bicyclic) bond motifs is 1. The van der Waals surface area contributed by atoms with Gasteiger partial charge in [-0.25, -0.2) is 9.97 Å². The van der Waals surface area contributed by atoms with Crippen molar-refractivity contribution in [3.63, 3.8) is 0 Å². The summed E-state index contributed by atoms with van der Waals surface area (Å²) in [6, 6.07) is 1.82. The number of hydrogen-bond donors (Lipinski definition) is 0. The van der Waals surface area contributed by atoms with Crippen molar-refractivity contribution in [3.05, 3.63) is 30.2 Å². The van der Waals surface area contributed by atoms with Crippen LogP contribution in [0.4, 0.5) is 5.95 Å². The maximum Gasteiger partial charge on any atom is 0.255 e. The molecular formula is C13H15N5O2. The number of nitrogens with zero attached hydrogens (tertiary/aromatic N) is 5. The predicted octanol–water partition coefficient (Wildman–Crippen LogP) is 1.13. The fourth-order valence-corrected chi connectivity index (χ4v) is 2.98. The van der Waals surface area contributed by atoms with E-state index in [1.807, 2.05) is 13.0 Å². The van der Waals surface area contributed by atoms with Gasteiger partial charge < -0.3 is 14.2 Å². The van der Waals surface area contributed by atoms with Gasteiger partial charge in [0.1, 0.15) is 6.10 Å². The van der Waals surface area contributed by atoms with Crippen LogP contribution in [0.5, 0.6) is 0 Å². The van der Waals surface area contributed by atoms with Crippen molar-refractivity contribution in [3.8, 4) is 0 Å². The van der Waals surface area contributed by atoms with Crippen molar-refractivity contribution in [1.82, 2.24) is 20.1 Å². The van der Waals surface area contributed by atoms with E-state index in [2.05, 4.69) is 25.0 Å². The van der Waals surface area contributed by atoms with Gasteiger partial charge in [-0.05, 0) is 19.4 Å². The van der Waals surface area contributed by atoms with E-state index in [-0.39, 0.29) is 12.2 Å². The summed E-state index contributed by atoms with van der Waals surface area (Å²) in [4.78, 5) is 15.0. The Balaban J connectivity index is 1.45. The number of hydrogen-bond acceptors (Lipinski definition) is 7. The van der Waals surface area contributed by atoms with E-state index in [0.717, 1.165) is 25.5 Å². The quantitative estimate of drug-likeness (QED) is 0.811. The fourth-order valence-electron chi connectivity index (χ4n) is 2.98. The molecule has 20 heavy (non-hydrogen) atoms. The van der Waals surface area contributed by atoms with Crippen molar-refractivity contribution in [2.24, 2.45) is 5.92 Å². The average Bonchev–Trinajstić information content (AvgIpc) is 3.13. The summed E-state index contributed by atoms with van der Waals surface area (Å²) >= 11 is 0. The maximum absolute atomic E-state index is 6.04. The summed E-state index contributed by atoms with van der Waals surface area (Å²) in [5, 5.41) is 3.82. The molecule has 0 aliphatic carbocycles. The minimum Gasteiger partial charge on any atom is -0.363 e. The summed E-state index contributed by atoms with van der Waals surface area (Å²) in [7, 11) is 0. The van der Waals surface area contributed by atoms with E-state index >= 15 is 0 Å². The van der Waals surface area contributed by atoms with Crippen LogP contribution in [0.1, 0.15) is 24.2 Å². The van der Waals surface area contributed by atoms with Crippen LogP contribution in [-0.4, -0.2) is 39.3 Å². The molecule has 2 aromatic rings. The molecule has 0 amide bonds. The Morgan fingerprint density at radius 3 is 2.80 bits per heavy atom. The van der Waals surface area contributed by atoms with Gasteiger partial charge in [0, 0.05) is 31.4 Å². The van der Waals surface area contributed by atoms with E-state index in [0.29, 0.717) is 17.6 Å². The Hall–Kier alpha value is -2.02. The normalized spacial score (nSPS) is 28.9. The molecule has 0 aromatic carbocycles. The predicted molar refractivity (Wildman–Crippen MR) is 69.0 cm³/mol. The van der Waals surface area contributed by atoms with E-state index < -0.39 is 0 Å². The molecule has 2 aliphatic heterocycles. The number of aryl methyl sites for hydroxylation is 1. The second-order valence-corrected chi connectivity index (χ2v) is 5.29. The highest BCUT2D eigenvalue weighted by atomic mass is 16.5. The Morgan fingerprint density at radius 2 is 2.10 bits per heavy atom. The van der Waals surface area contributed by atoms with E-state index in [9.17, 15) is 0 Å². The van der Waals surface area contributed by atoms with E-state index in [4.69, 9.17) is 9.26 Å². The number of aromatic nitrogens is 4. The van der Waals surface area contributed by atoms with Crippen LogP contribution in [0.2, 0.25) is 0 Å². The highest BCUT2D eigenvalue weighted by molar-refractivity contribution is 5.32. The van der Waals surface area contributed by atoms with Gasteiger partial charge in [0.05, 0.1) is 6.10 Å². The molecule has 4 rings (SSSR count). The van der Waals surface area contributed by atoms with Crippen LogP contribution in [0.25, 0.3) is 0 Å². The minimum atomic E-state index is -0.0648. The second kappa shape index (κ2) is 4.52. The second-order valence-electron chi connectivity index (χ2n) is 5.29. The molecule has 2 fully saturated rings. The lowest BCUT2D eigenvalue weighted by Crippen LogP contribution is -2.25. The van der Waals surface area contributed by atoms with Gasteiger partial charge in [-0.2, -0.15) is 4.98 Å². The Labute approximate surface area is 116 Å². The Bertz CT molecular complexity index is 588. The van der Waals surface area contributed by atoms with Crippen molar-refractivity contribution < 1.29 is 9.26 Å². The summed E-state index contributed by atoms with van der Waals surface area (Å²) in [5.41, 5.74) is 0. The molecule has 2 aromatic heterocycles. The summed E-state index contributed by atoms with van der Waals surface area (Å²) in [5.74, 6) is 2.49. The molecule has 0 saturated carbocycles. The SMILES string of the molecule is Cc1noc([C@@H]2C[C@H]3CN(c4ncccn4)C[C@H]3O2)n1. The van der Waals surface area contributed by atoms with Gasteiger partial charge in [-0.15, -0.1) is 0 Å². The van der Waals surface area contributed by atoms with Crippen LogP contribution in [0.3, 0.4) is 0 Å². The standard InChI is InChI=1S/C13H15N5O2/c1-8-16-12(20-17-8)10-5-9-6-18(7-11(9)19-10)13-14-3-2-4-15-13/h2-4,9-11H,5-7H2,1H3/t9-,10-,11+/m0/s1. The molecule has 104 valence electrons. The third-order valence-electron chi connectivity index (χ3n) is 3.89. The van der Waals surface area contributed by atoms with Crippen LogP contribution in [0.15, 0.2) is 23.0 Å². The highest BCUT2D eigenvalue weighted by Crippen LogP contribution is 2.40. The third-order valence-corrected chi connectivity index (χ3v) is 3.89. The molecule has 0 spiro atoms.